The lowest BCUT2D eigenvalue weighted by Gasteiger charge is -2.04. The van der Waals surface area contributed by atoms with Crippen molar-refractivity contribution in [2.45, 2.75) is 12.6 Å². The Morgan fingerprint density at radius 3 is 2.75 bits per heavy atom. The standard InChI is InChI=1S/C17H13F4NO2/c18-13-8-10(6-7-23)2-1-3-12(13)16-22-14-9-11(17(19,20)21)4-5-15(14)24-16/h1-5,8-10,23H,6-7H2. The van der Waals surface area contributed by atoms with E-state index in [1.54, 1.807) is 12.2 Å². The van der Waals surface area contributed by atoms with E-state index < -0.39 is 17.6 Å². The van der Waals surface area contributed by atoms with Crippen LogP contribution >= 0.6 is 0 Å². The second kappa shape index (κ2) is 6.24. The van der Waals surface area contributed by atoms with Crippen molar-refractivity contribution in [3.8, 4) is 0 Å². The van der Waals surface area contributed by atoms with Crippen molar-refractivity contribution < 1.29 is 27.1 Å². The van der Waals surface area contributed by atoms with Crippen LogP contribution in [0.3, 0.4) is 0 Å². The summed E-state index contributed by atoms with van der Waals surface area (Å²) in [6.45, 7) is -0.0861. The number of halogens is 4. The van der Waals surface area contributed by atoms with Crippen molar-refractivity contribution >= 4 is 16.7 Å². The summed E-state index contributed by atoms with van der Waals surface area (Å²) in [7, 11) is 0. The first-order valence-electron chi connectivity index (χ1n) is 7.23. The molecule has 0 saturated heterocycles. The third-order valence-corrected chi connectivity index (χ3v) is 3.65. The van der Waals surface area contributed by atoms with Crippen LogP contribution in [-0.2, 0) is 6.18 Å². The van der Waals surface area contributed by atoms with Crippen molar-refractivity contribution in [3.05, 3.63) is 59.8 Å². The van der Waals surface area contributed by atoms with E-state index in [0.29, 0.717) is 6.42 Å². The summed E-state index contributed by atoms with van der Waals surface area (Å²) in [6, 6.07) is 2.92. The highest BCUT2D eigenvalue weighted by molar-refractivity contribution is 5.81. The maximum Gasteiger partial charge on any atom is 0.416 e. The predicted molar refractivity (Wildman–Crippen MR) is 80.5 cm³/mol. The van der Waals surface area contributed by atoms with Gasteiger partial charge in [0, 0.05) is 12.5 Å². The summed E-state index contributed by atoms with van der Waals surface area (Å²) in [6.07, 6.45) is 1.97. The molecule has 0 saturated carbocycles. The van der Waals surface area contributed by atoms with Gasteiger partial charge in [0.1, 0.15) is 11.3 Å². The van der Waals surface area contributed by atoms with Gasteiger partial charge in [-0.3, -0.25) is 0 Å². The summed E-state index contributed by atoms with van der Waals surface area (Å²) >= 11 is 0. The number of alkyl halides is 3. The molecule has 1 aromatic carbocycles. The molecule has 0 bridgehead atoms. The van der Waals surface area contributed by atoms with Crippen LogP contribution in [-0.4, -0.2) is 16.7 Å². The molecule has 0 radical (unpaired) electrons. The zero-order valence-electron chi connectivity index (χ0n) is 12.3. The number of oxazole rings is 1. The topological polar surface area (TPSA) is 46.3 Å². The summed E-state index contributed by atoms with van der Waals surface area (Å²) in [5.41, 5.74) is -0.638. The summed E-state index contributed by atoms with van der Waals surface area (Å²) in [5.74, 6) is -0.960. The van der Waals surface area contributed by atoms with Gasteiger partial charge in [0.05, 0.1) is 11.1 Å². The smallest absolute Gasteiger partial charge is 0.416 e. The van der Waals surface area contributed by atoms with E-state index in [0.717, 1.165) is 18.2 Å². The molecular weight excluding hydrogens is 326 g/mol. The second-order valence-electron chi connectivity index (χ2n) is 5.36. The Bertz CT molecular complexity index is 846. The molecule has 126 valence electrons. The van der Waals surface area contributed by atoms with Gasteiger partial charge in [0.25, 0.3) is 0 Å². The number of fused-ring (bicyclic) bond motifs is 1. The molecule has 1 aliphatic carbocycles. The molecule has 0 aliphatic heterocycles. The Hall–Kier alpha value is -2.41. The fraction of sp³-hybridized carbons (Fsp3) is 0.235. The lowest BCUT2D eigenvalue weighted by molar-refractivity contribution is -0.137. The number of benzene rings is 1. The van der Waals surface area contributed by atoms with E-state index in [9.17, 15) is 17.6 Å². The predicted octanol–water partition coefficient (Wildman–Crippen LogP) is 4.65. The van der Waals surface area contributed by atoms with Crippen molar-refractivity contribution in [2.24, 2.45) is 5.92 Å². The minimum atomic E-state index is -4.49. The average molecular weight is 339 g/mol. The SMILES string of the molecule is OCCC1C=CC=C(c2nc3cc(C(F)(F)F)ccc3o2)C(F)=C1. The van der Waals surface area contributed by atoms with Gasteiger partial charge in [-0.1, -0.05) is 12.2 Å². The number of allylic oxidation sites excluding steroid dienone is 6. The van der Waals surface area contributed by atoms with Crippen molar-refractivity contribution in [1.82, 2.24) is 4.98 Å². The molecule has 0 amide bonds. The van der Waals surface area contributed by atoms with Gasteiger partial charge >= 0.3 is 6.18 Å². The van der Waals surface area contributed by atoms with Crippen LogP contribution in [0.5, 0.6) is 0 Å². The van der Waals surface area contributed by atoms with Gasteiger partial charge in [-0.05, 0) is 36.8 Å². The molecule has 1 atom stereocenters. The monoisotopic (exact) mass is 339 g/mol. The Kier molecular flexibility index (Phi) is 4.28. The zero-order valence-corrected chi connectivity index (χ0v) is 12.3. The molecule has 0 fully saturated rings. The minimum Gasteiger partial charge on any atom is -0.436 e. The van der Waals surface area contributed by atoms with Gasteiger partial charge in [-0.15, -0.1) is 0 Å². The van der Waals surface area contributed by atoms with Gasteiger partial charge < -0.3 is 9.52 Å². The molecule has 7 heteroatoms. The largest absolute Gasteiger partial charge is 0.436 e. The molecule has 1 aliphatic rings. The lowest BCUT2D eigenvalue weighted by Crippen LogP contribution is -2.03. The molecule has 2 aromatic rings. The van der Waals surface area contributed by atoms with E-state index >= 15 is 0 Å². The van der Waals surface area contributed by atoms with E-state index in [-0.39, 0.29) is 35.1 Å². The normalized spacial score (nSPS) is 18.5. The first-order valence-corrected chi connectivity index (χ1v) is 7.23. The maximum atomic E-state index is 14.4. The molecule has 1 N–H and O–H groups in total. The molecule has 24 heavy (non-hydrogen) atoms. The van der Waals surface area contributed by atoms with Crippen molar-refractivity contribution in [1.29, 1.82) is 0 Å². The highest BCUT2D eigenvalue weighted by Crippen LogP contribution is 2.34. The molecule has 0 spiro atoms. The first-order chi connectivity index (χ1) is 11.4. The highest BCUT2D eigenvalue weighted by atomic mass is 19.4. The van der Waals surface area contributed by atoms with Crippen LogP contribution in [0.15, 0.2) is 52.7 Å². The quantitative estimate of drug-likeness (QED) is 0.828. The Balaban J connectivity index is 1.99. The van der Waals surface area contributed by atoms with Crippen LogP contribution in [0.2, 0.25) is 0 Å². The molecule has 1 aromatic heterocycles. The fourth-order valence-corrected chi connectivity index (χ4v) is 2.43. The second-order valence-corrected chi connectivity index (χ2v) is 5.36. The number of aliphatic hydroxyl groups excluding tert-OH is 1. The molecule has 3 rings (SSSR count). The maximum absolute atomic E-state index is 14.4. The van der Waals surface area contributed by atoms with Crippen LogP contribution < -0.4 is 0 Å². The third-order valence-electron chi connectivity index (χ3n) is 3.65. The molecule has 3 nitrogen and oxygen atoms in total. The molecule has 1 unspecified atom stereocenters. The lowest BCUT2D eigenvalue weighted by atomic mass is 10.1. The van der Waals surface area contributed by atoms with Crippen LogP contribution in [0.1, 0.15) is 17.9 Å². The number of nitrogens with zero attached hydrogens (tertiary/aromatic N) is 1. The minimum absolute atomic E-state index is 0.00802. The highest BCUT2D eigenvalue weighted by Gasteiger charge is 2.31. The third kappa shape index (κ3) is 3.26. The Morgan fingerprint density at radius 2 is 2.04 bits per heavy atom. The van der Waals surface area contributed by atoms with E-state index in [1.165, 1.54) is 12.2 Å². The van der Waals surface area contributed by atoms with Gasteiger partial charge in [-0.2, -0.15) is 13.2 Å². The Labute approximate surface area is 134 Å². The summed E-state index contributed by atoms with van der Waals surface area (Å²) < 4.78 is 58.0. The summed E-state index contributed by atoms with van der Waals surface area (Å²) in [4.78, 5) is 3.97. The van der Waals surface area contributed by atoms with Crippen LogP contribution in [0.4, 0.5) is 17.6 Å². The number of rotatable bonds is 3. The number of hydrogen-bond donors (Lipinski definition) is 1. The fourth-order valence-electron chi connectivity index (χ4n) is 2.43. The van der Waals surface area contributed by atoms with Crippen LogP contribution in [0, 0.1) is 5.92 Å². The number of aliphatic hydroxyl groups is 1. The first kappa shape index (κ1) is 16.4. The van der Waals surface area contributed by atoms with Crippen molar-refractivity contribution in [2.75, 3.05) is 6.61 Å². The zero-order chi connectivity index (χ0) is 17.3. The van der Waals surface area contributed by atoms with Gasteiger partial charge in [0.2, 0.25) is 5.89 Å². The molecular formula is C17H13F4NO2. The van der Waals surface area contributed by atoms with Crippen LogP contribution in [0.25, 0.3) is 16.7 Å². The Morgan fingerprint density at radius 1 is 1.25 bits per heavy atom. The van der Waals surface area contributed by atoms with Gasteiger partial charge in [-0.25, -0.2) is 9.37 Å². The average Bonchev–Trinajstić information content (AvgIpc) is 2.84. The molecule has 1 heterocycles. The van der Waals surface area contributed by atoms with E-state index in [4.69, 9.17) is 9.52 Å². The van der Waals surface area contributed by atoms with Gasteiger partial charge in [0.15, 0.2) is 5.58 Å². The van der Waals surface area contributed by atoms with E-state index in [1.807, 2.05) is 0 Å². The summed E-state index contributed by atoms with van der Waals surface area (Å²) in [5, 5.41) is 8.94. The van der Waals surface area contributed by atoms with E-state index in [2.05, 4.69) is 4.98 Å². The number of aromatic nitrogens is 1. The number of hydrogen-bond acceptors (Lipinski definition) is 3. The van der Waals surface area contributed by atoms with Crippen molar-refractivity contribution in [3.63, 3.8) is 0 Å².